The minimum atomic E-state index is -2.73. The number of rotatable bonds is 1. The molecule has 1 N–H and O–H groups in total. The Morgan fingerprint density at radius 1 is 1.70 bits per heavy atom. The zero-order valence-electron chi connectivity index (χ0n) is 5.62. The zero-order valence-corrected chi connectivity index (χ0v) is 5.62. The summed E-state index contributed by atoms with van der Waals surface area (Å²) in [6, 6.07) is 0. The van der Waals surface area contributed by atoms with Crippen molar-refractivity contribution in [3.05, 3.63) is 23.9 Å². The van der Waals surface area contributed by atoms with Gasteiger partial charge in [0.25, 0.3) is 5.92 Å². The smallest absolute Gasteiger partial charge is 0.270 e. The van der Waals surface area contributed by atoms with Crippen LogP contribution in [0.25, 0.3) is 0 Å². The second-order valence-corrected chi connectivity index (χ2v) is 2.22. The van der Waals surface area contributed by atoms with Crippen molar-refractivity contribution in [2.75, 3.05) is 6.54 Å². The Balaban J connectivity index is 2.73. The lowest BCUT2D eigenvalue weighted by atomic mass is 10.1. The fourth-order valence-electron chi connectivity index (χ4n) is 0.714. The van der Waals surface area contributed by atoms with E-state index >= 15 is 0 Å². The largest absolute Gasteiger partial charge is 0.380 e. The molecule has 0 saturated carbocycles. The Hall–Kier alpha value is -0.860. The van der Waals surface area contributed by atoms with E-state index < -0.39 is 5.92 Å². The maximum Gasteiger partial charge on any atom is 0.270 e. The average molecular weight is 144 g/mol. The number of hydrogen-bond acceptors (Lipinski definition) is 1. The van der Waals surface area contributed by atoms with E-state index in [0.717, 1.165) is 6.92 Å². The fourth-order valence-corrected chi connectivity index (χ4v) is 0.714. The first kappa shape index (κ1) is 7.25. The molecule has 0 aromatic rings. The molecule has 0 fully saturated rings. The molecular weight excluding hydrogens is 136 g/mol. The van der Waals surface area contributed by atoms with E-state index in [1.54, 1.807) is 0 Å². The highest BCUT2D eigenvalue weighted by Crippen LogP contribution is 2.24. The Morgan fingerprint density at radius 2 is 2.40 bits per heavy atom. The second-order valence-electron chi connectivity index (χ2n) is 2.22. The molecule has 1 nitrogen and oxygen atoms in total. The summed E-state index contributed by atoms with van der Waals surface area (Å²) in [5, 5.41) is 2.67. The molecule has 0 saturated heterocycles. The van der Waals surface area contributed by atoms with Crippen molar-refractivity contribution in [2.24, 2.45) is 0 Å². The second kappa shape index (κ2) is 2.40. The highest BCUT2D eigenvalue weighted by molar-refractivity contribution is 5.26. The topological polar surface area (TPSA) is 12.0 Å². The van der Waals surface area contributed by atoms with Gasteiger partial charge in [-0.05, 0) is 6.08 Å². The van der Waals surface area contributed by atoms with Crippen LogP contribution in [0, 0.1) is 6.20 Å². The molecular formula is C7H8F2N. The SMILES string of the molecule is CC(F)(F)C1=CCN[C]=C1. The molecule has 1 heterocycles. The first-order valence-corrected chi connectivity index (χ1v) is 3.01. The van der Waals surface area contributed by atoms with E-state index in [-0.39, 0.29) is 5.57 Å². The highest BCUT2D eigenvalue weighted by Gasteiger charge is 2.25. The van der Waals surface area contributed by atoms with Crippen LogP contribution in [0.3, 0.4) is 0 Å². The van der Waals surface area contributed by atoms with Crippen molar-refractivity contribution in [1.82, 2.24) is 5.32 Å². The predicted molar refractivity (Wildman–Crippen MR) is 34.5 cm³/mol. The molecule has 0 aromatic heterocycles. The van der Waals surface area contributed by atoms with E-state index in [0.29, 0.717) is 6.54 Å². The van der Waals surface area contributed by atoms with Gasteiger partial charge in [0.05, 0.1) is 6.20 Å². The van der Waals surface area contributed by atoms with Gasteiger partial charge in [-0.15, -0.1) is 0 Å². The van der Waals surface area contributed by atoms with Crippen molar-refractivity contribution in [3.8, 4) is 0 Å². The monoisotopic (exact) mass is 144 g/mol. The van der Waals surface area contributed by atoms with Gasteiger partial charge >= 0.3 is 0 Å². The zero-order chi connectivity index (χ0) is 7.61. The number of alkyl halides is 2. The van der Waals surface area contributed by atoms with E-state index in [4.69, 9.17) is 0 Å². The molecule has 1 aliphatic heterocycles. The van der Waals surface area contributed by atoms with Gasteiger partial charge in [0, 0.05) is 19.0 Å². The third-order valence-corrected chi connectivity index (χ3v) is 1.26. The van der Waals surface area contributed by atoms with Crippen LogP contribution in [0.15, 0.2) is 17.7 Å². The van der Waals surface area contributed by atoms with E-state index in [1.165, 1.54) is 12.2 Å². The molecule has 1 rings (SSSR count). The number of dihydropyridines is 1. The van der Waals surface area contributed by atoms with E-state index in [2.05, 4.69) is 11.5 Å². The minimum Gasteiger partial charge on any atom is -0.380 e. The molecule has 10 heavy (non-hydrogen) atoms. The van der Waals surface area contributed by atoms with Gasteiger partial charge in [-0.25, -0.2) is 8.78 Å². The van der Waals surface area contributed by atoms with Crippen LogP contribution in [-0.4, -0.2) is 12.5 Å². The van der Waals surface area contributed by atoms with Gasteiger partial charge in [0.2, 0.25) is 0 Å². The molecule has 0 spiro atoms. The lowest BCUT2D eigenvalue weighted by Gasteiger charge is -2.14. The van der Waals surface area contributed by atoms with Gasteiger partial charge in [-0.2, -0.15) is 0 Å². The van der Waals surface area contributed by atoms with Gasteiger partial charge in [0.1, 0.15) is 0 Å². The van der Waals surface area contributed by atoms with Crippen LogP contribution >= 0.6 is 0 Å². The number of hydrogen-bond donors (Lipinski definition) is 1. The third-order valence-electron chi connectivity index (χ3n) is 1.26. The van der Waals surface area contributed by atoms with Crippen LogP contribution in [-0.2, 0) is 0 Å². The first-order chi connectivity index (χ1) is 4.61. The quantitative estimate of drug-likeness (QED) is 0.587. The van der Waals surface area contributed by atoms with Crippen molar-refractivity contribution < 1.29 is 8.78 Å². The summed E-state index contributed by atoms with van der Waals surface area (Å²) in [6.45, 7) is 1.32. The van der Waals surface area contributed by atoms with Crippen molar-refractivity contribution in [1.29, 1.82) is 0 Å². The van der Waals surface area contributed by atoms with Crippen LogP contribution in [0.2, 0.25) is 0 Å². The molecule has 0 aliphatic carbocycles. The maximum atomic E-state index is 12.4. The molecule has 0 atom stereocenters. The highest BCUT2D eigenvalue weighted by atomic mass is 19.3. The lowest BCUT2D eigenvalue weighted by Crippen LogP contribution is -2.19. The summed E-state index contributed by atoms with van der Waals surface area (Å²) < 4.78 is 24.9. The van der Waals surface area contributed by atoms with Crippen LogP contribution in [0.5, 0.6) is 0 Å². The normalized spacial score (nSPS) is 18.1. The molecule has 0 amide bonds. The molecule has 3 heteroatoms. The molecule has 0 aromatic carbocycles. The van der Waals surface area contributed by atoms with Crippen LogP contribution < -0.4 is 5.32 Å². The predicted octanol–water partition coefficient (Wildman–Crippen LogP) is 1.49. The van der Waals surface area contributed by atoms with Crippen LogP contribution in [0.4, 0.5) is 8.78 Å². The minimum absolute atomic E-state index is 0.0336. The molecule has 1 radical (unpaired) electrons. The Bertz CT molecular complexity index is 177. The summed E-state index contributed by atoms with van der Waals surface area (Å²) in [4.78, 5) is 0. The van der Waals surface area contributed by atoms with Crippen molar-refractivity contribution in [2.45, 2.75) is 12.8 Å². The Labute approximate surface area is 58.4 Å². The number of nitrogens with one attached hydrogen (secondary N) is 1. The molecule has 55 valence electrons. The molecule has 0 unspecified atom stereocenters. The van der Waals surface area contributed by atoms with Gasteiger partial charge in [-0.3, -0.25) is 0 Å². The van der Waals surface area contributed by atoms with E-state index in [9.17, 15) is 8.78 Å². The van der Waals surface area contributed by atoms with E-state index in [1.807, 2.05) is 0 Å². The Kier molecular flexibility index (Phi) is 1.74. The average Bonchev–Trinajstić information content (AvgIpc) is 1.88. The maximum absolute atomic E-state index is 12.4. The molecule has 1 aliphatic rings. The van der Waals surface area contributed by atoms with Crippen molar-refractivity contribution >= 4 is 0 Å². The summed E-state index contributed by atoms with van der Waals surface area (Å²) in [5.74, 6) is -2.73. The van der Waals surface area contributed by atoms with Gasteiger partial charge < -0.3 is 5.32 Å². The number of halogens is 2. The Morgan fingerprint density at radius 3 is 2.70 bits per heavy atom. The fraction of sp³-hybridized carbons (Fsp3) is 0.429. The number of allylic oxidation sites excluding steroid dienone is 2. The van der Waals surface area contributed by atoms with Gasteiger partial charge in [0.15, 0.2) is 0 Å². The summed E-state index contributed by atoms with van der Waals surface area (Å²) in [7, 11) is 0. The summed E-state index contributed by atoms with van der Waals surface area (Å²) in [6.07, 6.45) is 5.24. The third kappa shape index (κ3) is 1.56. The lowest BCUT2D eigenvalue weighted by molar-refractivity contribution is 0.0668. The summed E-state index contributed by atoms with van der Waals surface area (Å²) >= 11 is 0. The van der Waals surface area contributed by atoms with Crippen molar-refractivity contribution in [3.63, 3.8) is 0 Å². The summed E-state index contributed by atoms with van der Waals surface area (Å²) in [5.41, 5.74) is 0.0336. The van der Waals surface area contributed by atoms with Crippen LogP contribution in [0.1, 0.15) is 6.92 Å². The standard InChI is InChI=1S/C7H8F2N/c1-7(8,9)6-2-4-10-5-3-6/h2-3,10H,4H2,1H3. The van der Waals surface area contributed by atoms with Gasteiger partial charge in [-0.1, -0.05) is 6.08 Å². The molecule has 0 bridgehead atoms. The first-order valence-electron chi connectivity index (χ1n) is 3.01.